The number of nitrogen functional groups attached to an aromatic ring is 1. The lowest BCUT2D eigenvalue weighted by Crippen LogP contribution is -2.14. The second-order valence-electron chi connectivity index (χ2n) is 4.48. The van der Waals surface area contributed by atoms with Gasteiger partial charge in [-0.3, -0.25) is 5.41 Å². The predicted octanol–water partition coefficient (Wildman–Crippen LogP) is 3.39. The molecular formula is C13H19FN2S. The van der Waals surface area contributed by atoms with Crippen molar-refractivity contribution in [1.82, 2.24) is 0 Å². The Labute approximate surface area is 106 Å². The lowest BCUT2D eigenvalue weighted by Gasteiger charge is -2.16. The van der Waals surface area contributed by atoms with E-state index in [0.29, 0.717) is 16.7 Å². The molecule has 0 fully saturated rings. The van der Waals surface area contributed by atoms with E-state index >= 15 is 0 Å². The van der Waals surface area contributed by atoms with Crippen LogP contribution in [0.25, 0.3) is 0 Å². The van der Waals surface area contributed by atoms with E-state index in [1.807, 2.05) is 0 Å². The number of hydrogen-bond acceptors (Lipinski definition) is 2. The molecule has 1 aromatic carbocycles. The third-order valence-electron chi connectivity index (χ3n) is 2.80. The van der Waals surface area contributed by atoms with Crippen molar-refractivity contribution in [2.75, 3.05) is 0 Å². The van der Waals surface area contributed by atoms with Gasteiger partial charge in [-0.05, 0) is 23.6 Å². The maximum Gasteiger partial charge on any atom is 0.123 e. The average Bonchev–Trinajstić information content (AvgIpc) is 2.26. The van der Waals surface area contributed by atoms with Crippen LogP contribution >= 0.6 is 11.8 Å². The molecule has 0 aliphatic heterocycles. The van der Waals surface area contributed by atoms with E-state index in [-0.39, 0.29) is 11.7 Å². The molecule has 0 saturated carbocycles. The minimum Gasteiger partial charge on any atom is -0.384 e. The van der Waals surface area contributed by atoms with Gasteiger partial charge >= 0.3 is 0 Å². The van der Waals surface area contributed by atoms with Crippen LogP contribution in [0.1, 0.15) is 31.9 Å². The third-order valence-corrected chi connectivity index (χ3v) is 4.35. The van der Waals surface area contributed by atoms with Gasteiger partial charge in [0.25, 0.3) is 0 Å². The first kappa shape index (κ1) is 14.0. The molecule has 94 valence electrons. The van der Waals surface area contributed by atoms with E-state index in [0.717, 1.165) is 11.3 Å². The normalized spacial score (nSPS) is 12.8. The van der Waals surface area contributed by atoms with Crippen LogP contribution in [0.2, 0.25) is 0 Å². The molecule has 1 atom stereocenters. The molecule has 2 nitrogen and oxygen atoms in total. The van der Waals surface area contributed by atoms with Crippen LogP contribution in [-0.4, -0.2) is 11.1 Å². The number of hydrogen-bond donors (Lipinski definition) is 2. The quantitative estimate of drug-likeness (QED) is 0.625. The van der Waals surface area contributed by atoms with Crippen LogP contribution in [0.5, 0.6) is 0 Å². The lowest BCUT2D eigenvalue weighted by molar-refractivity contribution is 0.626. The zero-order chi connectivity index (χ0) is 13.0. The topological polar surface area (TPSA) is 49.9 Å². The molecule has 0 aromatic heterocycles. The first-order chi connectivity index (χ1) is 7.91. The maximum atomic E-state index is 13.1. The standard InChI is InChI=1S/C13H19FN2S/c1-8(2)9(3)17-7-10-4-5-11(14)6-12(10)13(15)16/h4-6,8-9H,7H2,1-3H3,(H3,15,16). The molecule has 0 aliphatic rings. The van der Waals surface area contributed by atoms with Gasteiger partial charge in [-0.25, -0.2) is 4.39 Å². The summed E-state index contributed by atoms with van der Waals surface area (Å²) in [4.78, 5) is 0. The smallest absolute Gasteiger partial charge is 0.123 e. The summed E-state index contributed by atoms with van der Waals surface area (Å²) in [6, 6.07) is 4.47. The van der Waals surface area contributed by atoms with Crippen molar-refractivity contribution in [2.45, 2.75) is 31.8 Å². The van der Waals surface area contributed by atoms with Crippen LogP contribution < -0.4 is 5.73 Å². The summed E-state index contributed by atoms with van der Waals surface area (Å²) >= 11 is 1.80. The lowest BCUT2D eigenvalue weighted by atomic mass is 10.1. The summed E-state index contributed by atoms with van der Waals surface area (Å²) in [7, 11) is 0. The molecule has 0 heterocycles. The fourth-order valence-corrected chi connectivity index (χ4v) is 2.42. The Kier molecular flexibility index (Phi) is 5.00. The van der Waals surface area contributed by atoms with Crippen LogP contribution in [0.15, 0.2) is 18.2 Å². The molecule has 0 saturated heterocycles. The van der Waals surface area contributed by atoms with Gasteiger partial charge in [0.15, 0.2) is 0 Å². The second-order valence-corrected chi connectivity index (χ2v) is 5.84. The highest BCUT2D eigenvalue weighted by molar-refractivity contribution is 7.99. The summed E-state index contributed by atoms with van der Waals surface area (Å²) in [5.74, 6) is 0.938. The number of benzene rings is 1. The largest absolute Gasteiger partial charge is 0.384 e. The summed E-state index contributed by atoms with van der Waals surface area (Å²) in [6.07, 6.45) is 0. The molecule has 4 heteroatoms. The SMILES string of the molecule is CC(C)C(C)SCc1ccc(F)cc1C(=N)N. The van der Waals surface area contributed by atoms with Gasteiger partial charge in [0, 0.05) is 16.6 Å². The summed E-state index contributed by atoms with van der Waals surface area (Å²) in [5.41, 5.74) is 6.89. The Morgan fingerprint density at radius 3 is 2.59 bits per heavy atom. The van der Waals surface area contributed by atoms with E-state index in [9.17, 15) is 4.39 Å². The fourth-order valence-electron chi connectivity index (χ4n) is 1.34. The molecular weight excluding hydrogens is 235 g/mol. The molecule has 1 unspecified atom stereocenters. The molecule has 0 bridgehead atoms. The third kappa shape index (κ3) is 4.04. The zero-order valence-corrected chi connectivity index (χ0v) is 11.3. The van der Waals surface area contributed by atoms with Crippen LogP contribution in [0, 0.1) is 17.1 Å². The molecule has 0 spiro atoms. The van der Waals surface area contributed by atoms with Crippen molar-refractivity contribution < 1.29 is 4.39 Å². The molecule has 0 radical (unpaired) electrons. The Bertz CT molecular complexity index is 404. The van der Waals surface area contributed by atoms with Crippen LogP contribution in [0.4, 0.5) is 4.39 Å². The van der Waals surface area contributed by atoms with Gasteiger partial charge in [0.05, 0.1) is 0 Å². The molecule has 0 aliphatic carbocycles. The minimum absolute atomic E-state index is 0.0719. The highest BCUT2D eigenvalue weighted by Gasteiger charge is 2.11. The van der Waals surface area contributed by atoms with Crippen molar-refractivity contribution in [2.24, 2.45) is 11.7 Å². The van der Waals surface area contributed by atoms with Gasteiger partial charge in [-0.1, -0.05) is 26.8 Å². The van der Waals surface area contributed by atoms with Crippen LogP contribution in [0.3, 0.4) is 0 Å². The Hall–Kier alpha value is -1.03. The summed E-state index contributed by atoms with van der Waals surface area (Å²) in [6.45, 7) is 6.52. The van der Waals surface area contributed by atoms with Crippen LogP contribution in [-0.2, 0) is 5.75 Å². The first-order valence-corrected chi connectivity index (χ1v) is 6.71. The van der Waals surface area contributed by atoms with E-state index in [1.54, 1.807) is 17.8 Å². The van der Waals surface area contributed by atoms with Crippen molar-refractivity contribution in [1.29, 1.82) is 5.41 Å². The molecule has 0 amide bonds. The number of amidine groups is 1. The number of rotatable bonds is 5. The first-order valence-electron chi connectivity index (χ1n) is 5.66. The van der Waals surface area contributed by atoms with E-state index in [1.165, 1.54) is 12.1 Å². The summed E-state index contributed by atoms with van der Waals surface area (Å²) in [5, 5.41) is 7.97. The molecule has 3 N–H and O–H groups in total. The highest BCUT2D eigenvalue weighted by Crippen LogP contribution is 2.25. The van der Waals surface area contributed by atoms with Gasteiger partial charge in [-0.2, -0.15) is 11.8 Å². The zero-order valence-electron chi connectivity index (χ0n) is 10.5. The summed E-state index contributed by atoms with van der Waals surface area (Å²) < 4.78 is 13.1. The average molecular weight is 254 g/mol. The van der Waals surface area contributed by atoms with Gasteiger partial charge in [0.2, 0.25) is 0 Å². The Morgan fingerprint density at radius 1 is 1.41 bits per heavy atom. The van der Waals surface area contributed by atoms with Gasteiger partial charge in [-0.15, -0.1) is 0 Å². The maximum absolute atomic E-state index is 13.1. The number of nitrogens with two attached hydrogens (primary N) is 1. The van der Waals surface area contributed by atoms with Crippen molar-refractivity contribution in [3.63, 3.8) is 0 Å². The second kappa shape index (κ2) is 6.05. The van der Waals surface area contributed by atoms with E-state index in [2.05, 4.69) is 20.8 Å². The number of thioether (sulfide) groups is 1. The Balaban J connectivity index is 2.80. The molecule has 1 rings (SSSR count). The van der Waals surface area contributed by atoms with Gasteiger partial charge in [0.1, 0.15) is 11.7 Å². The Morgan fingerprint density at radius 2 is 2.06 bits per heavy atom. The monoisotopic (exact) mass is 254 g/mol. The van der Waals surface area contributed by atoms with Crippen molar-refractivity contribution >= 4 is 17.6 Å². The number of nitrogens with one attached hydrogen (secondary N) is 1. The highest BCUT2D eigenvalue weighted by atomic mass is 32.2. The van der Waals surface area contributed by atoms with Gasteiger partial charge < -0.3 is 5.73 Å². The van der Waals surface area contributed by atoms with E-state index in [4.69, 9.17) is 11.1 Å². The predicted molar refractivity (Wildman–Crippen MR) is 73.0 cm³/mol. The van der Waals surface area contributed by atoms with Crippen molar-refractivity contribution in [3.8, 4) is 0 Å². The minimum atomic E-state index is -0.346. The fraction of sp³-hybridized carbons (Fsp3) is 0.462. The molecule has 17 heavy (non-hydrogen) atoms. The van der Waals surface area contributed by atoms with Crippen molar-refractivity contribution in [3.05, 3.63) is 35.1 Å². The number of halogens is 1. The van der Waals surface area contributed by atoms with E-state index < -0.39 is 0 Å². The molecule has 1 aromatic rings.